The number of fused-ring (bicyclic) bond motifs is 1. The Labute approximate surface area is 190 Å². The lowest BCUT2D eigenvalue weighted by molar-refractivity contribution is -0.139. The van der Waals surface area contributed by atoms with E-state index in [2.05, 4.69) is 15.4 Å². The molecule has 0 saturated heterocycles. The Morgan fingerprint density at radius 3 is 2.61 bits per heavy atom. The van der Waals surface area contributed by atoms with Crippen molar-refractivity contribution < 1.29 is 18.7 Å². The maximum absolute atomic E-state index is 13.6. The first-order chi connectivity index (χ1) is 15.9. The van der Waals surface area contributed by atoms with Crippen molar-refractivity contribution in [2.24, 2.45) is 0 Å². The summed E-state index contributed by atoms with van der Waals surface area (Å²) >= 11 is 0. The first-order valence-corrected chi connectivity index (χ1v) is 10.6. The molecule has 170 valence electrons. The number of esters is 1. The maximum atomic E-state index is 13.6. The van der Waals surface area contributed by atoms with Gasteiger partial charge in [0.15, 0.2) is 0 Å². The van der Waals surface area contributed by atoms with Gasteiger partial charge in [-0.3, -0.25) is 4.79 Å². The van der Waals surface area contributed by atoms with Crippen molar-refractivity contribution in [3.63, 3.8) is 0 Å². The van der Waals surface area contributed by atoms with E-state index in [0.29, 0.717) is 28.5 Å². The minimum atomic E-state index is -0.668. The van der Waals surface area contributed by atoms with Crippen LogP contribution < -0.4 is 10.2 Å². The zero-order chi connectivity index (χ0) is 23.5. The molecule has 0 bridgehead atoms. The Balaban J connectivity index is 1.73. The molecule has 2 aromatic carbocycles. The van der Waals surface area contributed by atoms with Crippen LogP contribution in [-0.2, 0) is 14.3 Å². The second kappa shape index (κ2) is 9.23. The van der Waals surface area contributed by atoms with Gasteiger partial charge in [0.05, 0.1) is 12.2 Å². The van der Waals surface area contributed by atoms with E-state index in [1.807, 2.05) is 25.1 Å². The van der Waals surface area contributed by atoms with Crippen LogP contribution in [0.15, 0.2) is 66.1 Å². The molecule has 1 aliphatic rings. The Kier molecular flexibility index (Phi) is 6.21. The molecule has 0 fully saturated rings. The molecule has 0 radical (unpaired) electrons. The van der Waals surface area contributed by atoms with Gasteiger partial charge in [-0.2, -0.15) is 10.1 Å². The molecule has 0 unspecified atom stereocenters. The lowest BCUT2D eigenvalue weighted by Gasteiger charge is -2.35. The molecule has 1 aliphatic heterocycles. The number of allylic oxidation sites excluding steroid dienone is 1. The minimum absolute atomic E-state index is 0.0858. The van der Waals surface area contributed by atoms with E-state index in [-0.39, 0.29) is 24.9 Å². The van der Waals surface area contributed by atoms with Crippen LogP contribution in [0.4, 0.5) is 16.0 Å². The fourth-order valence-electron chi connectivity index (χ4n) is 3.91. The number of aromatic nitrogens is 3. The Bertz CT molecular complexity index is 1220. The van der Waals surface area contributed by atoms with Crippen LogP contribution in [0.3, 0.4) is 0 Å². The van der Waals surface area contributed by atoms with Crippen LogP contribution in [0.2, 0.25) is 0 Å². The average Bonchev–Trinajstić information content (AvgIpc) is 3.25. The zero-order valence-corrected chi connectivity index (χ0v) is 18.6. The molecule has 4 rings (SSSR count). The van der Waals surface area contributed by atoms with Crippen molar-refractivity contribution >= 4 is 23.5 Å². The van der Waals surface area contributed by atoms with Gasteiger partial charge in [0.25, 0.3) is 0 Å². The lowest BCUT2D eigenvalue weighted by Crippen LogP contribution is -2.40. The number of anilines is 2. The van der Waals surface area contributed by atoms with Gasteiger partial charge in [0.2, 0.25) is 11.9 Å². The second-order valence-corrected chi connectivity index (χ2v) is 7.68. The number of aryl methyl sites for hydroxylation is 1. The highest BCUT2D eigenvalue weighted by molar-refractivity contribution is 5.96. The highest BCUT2D eigenvalue weighted by Crippen LogP contribution is 2.38. The number of rotatable bonds is 6. The summed E-state index contributed by atoms with van der Waals surface area (Å²) in [5.74, 6) is -0.803. The Morgan fingerprint density at radius 2 is 1.91 bits per heavy atom. The number of carbonyl (C=O) groups excluding carboxylic acids is 2. The smallest absolute Gasteiger partial charge is 0.338 e. The summed E-state index contributed by atoms with van der Waals surface area (Å²) in [6.07, 6.45) is 1.36. The first kappa shape index (κ1) is 22.2. The van der Waals surface area contributed by atoms with Gasteiger partial charge in [0.1, 0.15) is 24.7 Å². The summed E-state index contributed by atoms with van der Waals surface area (Å²) < 4.78 is 20.4. The normalized spacial score (nSPS) is 15.3. The van der Waals surface area contributed by atoms with Crippen molar-refractivity contribution in [3.05, 3.63) is 83.1 Å². The number of amides is 1. The third kappa shape index (κ3) is 4.48. The maximum Gasteiger partial charge on any atom is 0.338 e. The number of hydrogen-bond acceptors (Lipinski definition) is 6. The van der Waals surface area contributed by atoms with Crippen LogP contribution >= 0.6 is 0 Å². The van der Waals surface area contributed by atoms with Crippen LogP contribution in [0, 0.1) is 12.7 Å². The van der Waals surface area contributed by atoms with Crippen molar-refractivity contribution in [3.8, 4) is 0 Å². The zero-order valence-electron chi connectivity index (χ0n) is 18.6. The molecule has 9 heteroatoms. The Hall–Kier alpha value is -4.01. The van der Waals surface area contributed by atoms with E-state index in [9.17, 15) is 14.0 Å². The molecule has 3 aromatic rings. The fraction of sp³-hybridized carbons (Fsp3) is 0.250. The monoisotopic (exact) mass is 449 g/mol. The van der Waals surface area contributed by atoms with Crippen LogP contribution in [0.5, 0.6) is 0 Å². The van der Waals surface area contributed by atoms with Gasteiger partial charge in [-0.05, 0) is 56.2 Å². The van der Waals surface area contributed by atoms with Crippen molar-refractivity contribution in [1.82, 2.24) is 14.8 Å². The third-order valence-electron chi connectivity index (χ3n) is 5.39. The summed E-state index contributed by atoms with van der Waals surface area (Å²) in [4.78, 5) is 31.8. The van der Waals surface area contributed by atoms with Crippen LogP contribution in [0.25, 0.3) is 0 Å². The van der Waals surface area contributed by atoms with Crippen molar-refractivity contribution in [2.45, 2.75) is 26.8 Å². The molecule has 1 N–H and O–H groups in total. The third-order valence-corrected chi connectivity index (χ3v) is 5.39. The molecule has 33 heavy (non-hydrogen) atoms. The van der Waals surface area contributed by atoms with Crippen LogP contribution in [0.1, 0.15) is 31.0 Å². The highest BCUT2D eigenvalue weighted by Gasteiger charge is 2.38. The number of ether oxygens (including phenoxy) is 1. The lowest BCUT2D eigenvalue weighted by atomic mass is 9.95. The van der Waals surface area contributed by atoms with Gasteiger partial charge in [0, 0.05) is 11.4 Å². The van der Waals surface area contributed by atoms with Crippen molar-refractivity contribution in [2.75, 3.05) is 23.4 Å². The fourth-order valence-corrected chi connectivity index (χ4v) is 3.91. The van der Waals surface area contributed by atoms with Crippen LogP contribution in [-0.4, -0.2) is 39.8 Å². The van der Waals surface area contributed by atoms with Gasteiger partial charge >= 0.3 is 5.97 Å². The number of nitrogens with zero attached hydrogens (tertiary/aromatic N) is 4. The molecule has 1 amide bonds. The molecule has 0 spiro atoms. The summed E-state index contributed by atoms with van der Waals surface area (Å²) in [6, 6.07) is 12.7. The largest absolute Gasteiger partial charge is 0.463 e. The number of nitrogens with one attached hydrogen (secondary N) is 1. The molecule has 8 nitrogen and oxygen atoms in total. The van der Waals surface area contributed by atoms with Gasteiger partial charge in [-0.15, -0.1) is 0 Å². The van der Waals surface area contributed by atoms with Gasteiger partial charge < -0.3 is 15.0 Å². The number of benzene rings is 2. The number of hydrogen-bond donors (Lipinski definition) is 1. The molecule has 2 heterocycles. The van der Waals surface area contributed by atoms with E-state index >= 15 is 0 Å². The standard InChI is InChI=1S/C24H24FN5O3/c1-4-33-23(32)21-16(3)29(13-20(31)28-19-7-5-6-15(2)12-19)24-26-14-27-30(24)22(21)17-8-10-18(25)11-9-17/h5-12,14,22H,4,13H2,1-3H3,(H,28,31)/t22-/m0/s1. The minimum Gasteiger partial charge on any atom is -0.463 e. The second-order valence-electron chi connectivity index (χ2n) is 7.68. The first-order valence-electron chi connectivity index (χ1n) is 10.6. The summed E-state index contributed by atoms with van der Waals surface area (Å²) in [5, 5.41) is 7.19. The molecule has 0 aliphatic carbocycles. The SMILES string of the molecule is CCOC(=O)C1=C(C)N(CC(=O)Nc2cccc(C)c2)c2ncnn2[C@H]1c1ccc(F)cc1. The highest BCUT2D eigenvalue weighted by atomic mass is 19.1. The Morgan fingerprint density at radius 1 is 1.15 bits per heavy atom. The van der Waals surface area contributed by atoms with E-state index in [1.165, 1.54) is 18.5 Å². The number of halogens is 1. The number of carbonyl (C=O) groups is 2. The van der Waals surface area contributed by atoms with Gasteiger partial charge in [-0.25, -0.2) is 13.9 Å². The molecular weight excluding hydrogens is 425 g/mol. The molecule has 1 atom stereocenters. The summed E-state index contributed by atoms with van der Waals surface area (Å²) in [7, 11) is 0. The quantitative estimate of drug-likeness (QED) is 0.579. The van der Waals surface area contributed by atoms with E-state index in [0.717, 1.165) is 5.56 Å². The van der Waals surface area contributed by atoms with E-state index in [4.69, 9.17) is 4.74 Å². The molecule has 0 saturated carbocycles. The van der Waals surface area contributed by atoms with Crippen molar-refractivity contribution in [1.29, 1.82) is 0 Å². The topological polar surface area (TPSA) is 89.3 Å². The van der Waals surface area contributed by atoms with E-state index < -0.39 is 12.0 Å². The van der Waals surface area contributed by atoms with Gasteiger partial charge in [-0.1, -0.05) is 24.3 Å². The predicted molar refractivity (Wildman–Crippen MR) is 121 cm³/mol. The summed E-state index contributed by atoms with van der Waals surface area (Å²) in [5.41, 5.74) is 3.17. The predicted octanol–water partition coefficient (Wildman–Crippen LogP) is 3.61. The summed E-state index contributed by atoms with van der Waals surface area (Å²) in [6.45, 7) is 5.50. The molecular formula is C24H24FN5O3. The average molecular weight is 449 g/mol. The molecule has 1 aromatic heterocycles. The van der Waals surface area contributed by atoms with E-state index in [1.54, 1.807) is 41.6 Å².